The molecular weight excluding hydrogens is 272 g/mol. The van der Waals surface area contributed by atoms with Crippen LogP contribution >= 0.6 is 11.3 Å². The predicted molar refractivity (Wildman–Crippen MR) is 83.7 cm³/mol. The number of thiophene rings is 1. The fraction of sp³-hybridized carbons (Fsp3) is 0.333. The molecule has 1 N–H and O–H groups in total. The molecule has 0 aliphatic carbocycles. The molecule has 1 heterocycles. The number of aryl methyl sites for hydroxylation is 2. The topological polar surface area (TPSA) is 55.2 Å². The molecule has 2 aromatic rings. The maximum atomic E-state index is 11.2. The summed E-state index contributed by atoms with van der Waals surface area (Å²) in [5.41, 5.74) is 1.44. The predicted octanol–water partition coefficient (Wildman–Crippen LogP) is 4.32. The van der Waals surface area contributed by atoms with Crippen molar-refractivity contribution in [1.82, 2.24) is 0 Å². The number of nitro groups is 1. The SMILES string of the molecule is Cc1ccc(CC(C)Nc2cccc(C)c2[N+](=O)[O-])s1. The van der Waals surface area contributed by atoms with Crippen LogP contribution in [0.25, 0.3) is 0 Å². The van der Waals surface area contributed by atoms with Crippen molar-refractivity contribution in [3.63, 3.8) is 0 Å². The van der Waals surface area contributed by atoms with Gasteiger partial charge in [-0.05, 0) is 39.0 Å². The van der Waals surface area contributed by atoms with Crippen LogP contribution in [-0.4, -0.2) is 11.0 Å². The molecule has 1 aromatic heterocycles. The van der Waals surface area contributed by atoms with Crippen LogP contribution in [-0.2, 0) is 6.42 Å². The van der Waals surface area contributed by atoms with E-state index in [9.17, 15) is 10.1 Å². The first kappa shape index (κ1) is 14.5. The average Bonchev–Trinajstić information content (AvgIpc) is 2.74. The first-order chi connectivity index (χ1) is 9.47. The Hall–Kier alpha value is -1.88. The lowest BCUT2D eigenvalue weighted by Crippen LogP contribution is -2.18. The fourth-order valence-corrected chi connectivity index (χ4v) is 3.25. The Morgan fingerprint density at radius 3 is 2.65 bits per heavy atom. The van der Waals surface area contributed by atoms with Crippen molar-refractivity contribution in [2.45, 2.75) is 33.2 Å². The van der Waals surface area contributed by atoms with E-state index in [4.69, 9.17) is 0 Å². The van der Waals surface area contributed by atoms with Crippen LogP contribution in [0.15, 0.2) is 30.3 Å². The van der Waals surface area contributed by atoms with Crippen molar-refractivity contribution >= 4 is 22.7 Å². The number of rotatable bonds is 5. The van der Waals surface area contributed by atoms with Crippen molar-refractivity contribution in [3.8, 4) is 0 Å². The van der Waals surface area contributed by atoms with Crippen LogP contribution in [0.4, 0.5) is 11.4 Å². The maximum Gasteiger partial charge on any atom is 0.295 e. The van der Waals surface area contributed by atoms with Crippen LogP contribution in [0.2, 0.25) is 0 Å². The second-order valence-corrected chi connectivity index (χ2v) is 6.36. The van der Waals surface area contributed by atoms with E-state index in [0.717, 1.165) is 6.42 Å². The zero-order chi connectivity index (χ0) is 14.7. The van der Waals surface area contributed by atoms with Gasteiger partial charge in [-0.3, -0.25) is 10.1 Å². The van der Waals surface area contributed by atoms with Gasteiger partial charge in [0, 0.05) is 27.8 Å². The van der Waals surface area contributed by atoms with Gasteiger partial charge in [0.15, 0.2) is 0 Å². The molecule has 1 atom stereocenters. The Labute approximate surface area is 122 Å². The average molecular weight is 290 g/mol. The third-order valence-electron chi connectivity index (χ3n) is 3.13. The second-order valence-electron chi connectivity index (χ2n) is 4.99. The lowest BCUT2D eigenvalue weighted by Gasteiger charge is -2.15. The van der Waals surface area contributed by atoms with E-state index < -0.39 is 0 Å². The van der Waals surface area contributed by atoms with Crippen molar-refractivity contribution in [1.29, 1.82) is 0 Å². The number of hydrogen-bond donors (Lipinski definition) is 1. The highest BCUT2D eigenvalue weighted by Crippen LogP contribution is 2.29. The van der Waals surface area contributed by atoms with Gasteiger partial charge in [0.25, 0.3) is 5.69 Å². The minimum absolute atomic E-state index is 0.147. The maximum absolute atomic E-state index is 11.2. The fourth-order valence-electron chi connectivity index (χ4n) is 2.23. The largest absolute Gasteiger partial charge is 0.377 e. The molecule has 0 saturated heterocycles. The minimum atomic E-state index is -0.320. The van der Waals surface area contributed by atoms with E-state index in [1.165, 1.54) is 9.75 Å². The zero-order valence-electron chi connectivity index (χ0n) is 11.8. The molecule has 0 fully saturated rings. The summed E-state index contributed by atoms with van der Waals surface area (Å²) < 4.78 is 0. The van der Waals surface area contributed by atoms with Gasteiger partial charge in [-0.1, -0.05) is 12.1 Å². The standard InChI is InChI=1S/C15H18N2O2S/c1-10-5-4-6-14(15(10)17(18)19)16-11(2)9-13-8-7-12(3)20-13/h4-8,11,16H,9H2,1-3H3. The molecule has 0 amide bonds. The lowest BCUT2D eigenvalue weighted by molar-refractivity contribution is -0.384. The minimum Gasteiger partial charge on any atom is -0.377 e. The summed E-state index contributed by atoms with van der Waals surface area (Å²) in [4.78, 5) is 13.4. The van der Waals surface area contributed by atoms with E-state index in [-0.39, 0.29) is 16.7 Å². The van der Waals surface area contributed by atoms with Crippen molar-refractivity contribution in [2.24, 2.45) is 0 Å². The summed E-state index contributed by atoms with van der Waals surface area (Å²) in [5, 5.41) is 14.4. The molecule has 5 heteroatoms. The van der Waals surface area contributed by atoms with Gasteiger partial charge >= 0.3 is 0 Å². The Morgan fingerprint density at radius 2 is 2.05 bits per heavy atom. The van der Waals surface area contributed by atoms with Crippen LogP contribution in [0.1, 0.15) is 22.2 Å². The molecular formula is C15H18N2O2S. The zero-order valence-corrected chi connectivity index (χ0v) is 12.7. The summed E-state index contributed by atoms with van der Waals surface area (Å²) in [6, 6.07) is 9.73. The number of hydrogen-bond acceptors (Lipinski definition) is 4. The quantitative estimate of drug-likeness (QED) is 0.659. The third-order valence-corrected chi connectivity index (χ3v) is 4.15. The Kier molecular flexibility index (Phi) is 4.39. The highest BCUT2D eigenvalue weighted by Gasteiger charge is 2.18. The van der Waals surface area contributed by atoms with Gasteiger partial charge in [-0.2, -0.15) is 0 Å². The smallest absolute Gasteiger partial charge is 0.295 e. The number of anilines is 1. The molecule has 0 bridgehead atoms. The Balaban J connectivity index is 2.13. The highest BCUT2D eigenvalue weighted by atomic mass is 32.1. The van der Waals surface area contributed by atoms with Crippen molar-refractivity contribution in [3.05, 3.63) is 55.8 Å². The molecule has 0 saturated carbocycles. The van der Waals surface area contributed by atoms with E-state index in [2.05, 4.69) is 24.4 Å². The Morgan fingerprint density at radius 1 is 1.30 bits per heavy atom. The highest BCUT2D eigenvalue weighted by molar-refractivity contribution is 7.11. The van der Waals surface area contributed by atoms with E-state index in [1.54, 1.807) is 30.4 Å². The molecule has 1 aromatic carbocycles. The van der Waals surface area contributed by atoms with Crippen LogP contribution < -0.4 is 5.32 Å². The first-order valence-electron chi connectivity index (χ1n) is 6.53. The third kappa shape index (κ3) is 3.36. The molecule has 0 aliphatic heterocycles. The summed E-state index contributed by atoms with van der Waals surface area (Å²) in [6.07, 6.45) is 0.865. The molecule has 106 valence electrons. The van der Waals surface area contributed by atoms with E-state index >= 15 is 0 Å². The molecule has 0 aliphatic rings. The monoisotopic (exact) mass is 290 g/mol. The van der Waals surface area contributed by atoms with Crippen molar-refractivity contribution < 1.29 is 4.92 Å². The van der Waals surface area contributed by atoms with E-state index in [0.29, 0.717) is 11.3 Å². The molecule has 20 heavy (non-hydrogen) atoms. The number of benzene rings is 1. The van der Waals surface area contributed by atoms with Gasteiger partial charge < -0.3 is 5.32 Å². The molecule has 4 nitrogen and oxygen atoms in total. The Bertz CT molecular complexity index is 622. The van der Waals surface area contributed by atoms with E-state index in [1.807, 2.05) is 13.0 Å². The summed E-state index contributed by atoms with van der Waals surface area (Å²) in [7, 11) is 0. The number of nitrogens with one attached hydrogen (secondary N) is 1. The molecule has 0 spiro atoms. The molecule has 2 rings (SSSR count). The van der Waals surface area contributed by atoms with Gasteiger partial charge in [-0.15, -0.1) is 11.3 Å². The van der Waals surface area contributed by atoms with Crippen LogP contribution in [0.5, 0.6) is 0 Å². The number of nitro benzene ring substituents is 1. The first-order valence-corrected chi connectivity index (χ1v) is 7.35. The normalized spacial score (nSPS) is 12.2. The van der Waals surface area contributed by atoms with Gasteiger partial charge in [0.05, 0.1) is 4.92 Å². The molecule has 0 radical (unpaired) electrons. The van der Waals surface area contributed by atoms with Gasteiger partial charge in [0.1, 0.15) is 5.69 Å². The number of nitrogens with zero attached hydrogens (tertiary/aromatic N) is 1. The molecule has 1 unspecified atom stereocenters. The number of para-hydroxylation sites is 1. The summed E-state index contributed by atoms with van der Waals surface area (Å²) >= 11 is 1.77. The van der Waals surface area contributed by atoms with Gasteiger partial charge in [0.2, 0.25) is 0 Å². The van der Waals surface area contributed by atoms with Crippen molar-refractivity contribution in [2.75, 3.05) is 5.32 Å². The lowest BCUT2D eigenvalue weighted by atomic mass is 10.1. The summed E-state index contributed by atoms with van der Waals surface area (Å²) in [5.74, 6) is 0. The summed E-state index contributed by atoms with van der Waals surface area (Å²) in [6.45, 7) is 5.88. The van der Waals surface area contributed by atoms with Crippen LogP contribution in [0.3, 0.4) is 0 Å². The second kappa shape index (κ2) is 6.05. The van der Waals surface area contributed by atoms with Gasteiger partial charge in [-0.25, -0.2) is 0 Å². The van der Waals surface area contributed by atoms with Crippen LogP contribution in [0, 0.1) is 24.0 Å².